The molecular formula is C18H40O5Si2. The number of rotatable bonds is 10. The Kier molecular flexibility index (Phi) is 9.56. The molecule has 0 aliphatic heterocycles. The number of hydrogen-bond donors (Lipinski definition) is 0. The highest BCUT2D eigenvalue weighted by molar-refractivity contribution is 6.75. The van der Waals surface area contributed by atoms with Crippen molar-refractivity contribution in [2.45, 2.75) is 77.8 Å². The van der Waals surface area contributed by atoms with Gasteiger partial charge in [0.25, 0.3) is 8.32 Å². The third-order valence-corrected chi connectivity index (χ3v) is 14.2. The fourth-order valence-electron chi connectivity index (χ4n) is 1.41. The van der Waals surface area contributed by atoms with Gasteiger partial charge in [0.1, 0.15) is 6.61 Å². The Morgan fingerprint density at radius 3 is 1.64 bits per heavy atom. The third kappa shape index (κ3) is 9.33. The van der Waals surface area contributed by atoms with Crippen LogP contribution in [0.3, 0.4) is 0 Å². The maximum Gasteiger partial charge on any atom is 0.318 e. The van der Waals surface area contributed by atoms with Gasteiger partial charge < -0.3 is 18.3 Å². The van der Waals surface area contributed by atoms with Gasteiger partial charge in [-0.2, -0.15) is 0 Å². The number of carbonyl (C=O) groups is 1. The molecule has 0 aromatic rings. The Bertz CT molecular complexity index is 409. The summed E-state index contributed by atoms with van der Waals surface area (Å²) in [4.78, 5) is 11.9. The molecule has 7 heteroatoms. The van der Waals surface area contributed by atoms with E-state index in [1.165, 1.54) is 0 Å². The van der Waals surface area contributed by atoms with Crippen LogP contribution in [-0.4, -0.2) is 55.6 Å². The monoisotopic (exact) mass is 392 g/mol. The Hall–Kier alpha value is -0.216. The molecule has 0 aromatic heterocycles. The lowest BCUT2D eigenvalue weighted by molar-refractivity contribution is -0.141. The molecule has 150 valence electrons. The molecule has 0 N–H and O–H groups in total. The van der Waals surface area contributed by atoms with Gasteiger partial charge in [-0.05, 0) is 36.3 Å². The molecule has 5 nitrogen and oxygen atoms in total. The van der Waals surface area contributed by atoms with Crippen LogP contribution < -0.4 is 0 Å². The summed E-state index contributed by atoms with van der Waals surface area (Å²) in [6.07, 6.45) is 0. The number of carbonyl (C=O) groups excluding carboxylic acids is 1. The molecule has 0 aliphatic carbocycles. The van der Waals surface area contributed by atoms with E-state index in [1.54, 1.807) is 0 Å². The molecule has 0 bridgehead atoms. The van der Waals surface area contributed by atoms with E-state index in [0.717, 1.165) is 0 Å². The van der Waals surface area contributed by atoms with E-state index in [2.05, 4.69) is 67.7 Å². The second-order valence-electron chi connectivity index (χ2n) is 9.51. The SMILES string of the molecule is CC(C)(C)[Si](C)(C)OCCOCCOCC(=O)O[Si](C)(C)C(C)(C)C. The van der Waals surface area contributed by atoms with Gasteiger partial charge in [-0.1, -0.05) is 41.5 Å². The van der Waals surface area contributed by atoms with Crippen LogP contribution in [0.5, 0.6) is 0 Å². The van der Waals surface area contributed by atoms with E-state index in [-0.39, 0.29) is 22.7 Å². The lowest BCUT2D eigenvalue weighted by Crippen LogP contribution is -2.43. The third-order valence-electron chi connectivity index (χ3n) is 5.26. The van der Waals surface area contributed by atoms with E-state index < -0.39 is 16.6 Å². The predicted molar refractivity (Wildman–Crippen MR) is 108 cm³/mol. The van der Waals surface area contributed by atoms with Gasteiger partial charge >= 0.3 is 5.97 Å². The number of hydrogen-bond acceptors (Lipinski definition) is 5. The van der Waals surface area contributed by atoms with Crippen LogP contribution in [0.25, 0.3) is 0 Å². The minimum Gasteiger partial charge on any atom is -0.517 e. The molecule has 0 saturated heterocycles. The fourth-order valence-corrected chi connectivity index (χ4v) is 3.38. The molecule has 0 saturated carbocycles. The standard InChI is InChI=1S/C18H40O5Si2/c1-17(2,3)24(7,8)22-14-13-20-11-12-21-15-16(19)23-25(9,10)18(4,5)6/h11-15H2,1-10H3. The van der Waals surface area contributed by atoms with Crippen molar-refractivity contribution in [1.82, 2.24) is 0 Å². The molecule has 0 unspecified atom stereocenters. The average Bonchev–Trinajstić information content (AvgIpc) is 2.38. The first kappa shape index (κ1) is 24.8. The molecular weight excluding hydrogens is 352 g/mol. The minimum absolute atomic E-state index is 0.00984. The Morgan fingerprint density at radius 1 is 0.720 bits per heavy atom. The van der Waals surface area contributed by atoms with Gasteiger partial charge in [-0.3, -0.25) is 4.79 Å². The Morgan fingerprint density at radius 2 is 1.16 bits per heavy atom. The van der Waals surface area contributed by atoms with Crippen molar-refractivity contribution in [1.29, 1.82) is 0 Å². The second-order valence-corrected chi connectivity index (χ2v) is 19.0. The van der Waals surface area contributed by atoms with E-state index in [0.29, 0.717) is 26.4 Å². The van der Waals surface area contributed by atoms with Crippen LogP contribution >= 0.6 is 0 Å². The quantitative estimate of drug-likeness (QED) is 0.402. The highest BCUT2D eigenvalue weighted by atomic mass is 28.4. The minimum atomic E-state index is -2.06. The first-order valence-electron chi connectivity index (χ1n) is 9.11. The Labute approximate surface area is 157 Å². The number of ether oxygens (including phenoxy) is 2. The maximum absolute atomic E-state index is 11.9. The Balaban J connectivity index is 3.80. The molecule has 0 heterocycles. The lowest BCUT2D eigenvalue weighted by atomic mass is 10.2. The molecule has 0 atom stereocenters. The van der Waals surface area contributed by atoms with Crippen LogP contribution in [0.4, 0.5) is 0 Å². The van der Waals surface area contributed by atoms with Crippen molar-refractivity contribution in [2.24, 2.45) is 0 Å². The summed E-state index contributed by atoms with van der Waals surface area (Å²) in [6, 6.07) is 0. The molecule has 0 aromatic carbocycles. The fraction of sp³-hybridized carbons (Fsp3) is 0.944. The maximum atomic E-state index is 11.9. The van der Waals surface area contributed by atoms with Gasteiger partial charge in [0.15, 0.2) is 8.32 Å². The molecule has 0 aliphatic rings. The average molecular weight is 393 g/mol. The van der Waals surface area contributed by atoms with Crippen molar-refractivity contribution in [3.63, 3.8) is 0 Å². The zero-order valence-electron chi connectivity index (χ0n) is 18.1. The molecule has 0 radical (unpaired) electrons. The van der Waals surface area contributed by atoms with Crippen molar-refractivity contribution in [3.05, 3.63) is 0 Å². The van der Waals surface area contributed by atoms with Crippen molar-refractivity contribution < 1.29 is 23.1 Å². The highest BCUT2D eigenvalue weighted by Crippen LogP contribution is 2.37. The molecule has 0 spiro atoms. The first-order valence-corrected chi connectivity index (χ1v) is 14.9. The molecule has 0 rings (SSSR count). The summed E-state index contributed by atoms with van der Waals surface area (Å²) in [5, 5.41) is 0.219. The summed E-state index contributed by atoms with van der Waals surface area (Å²) < 4.78 is 22.5. The van der Waals surface area contributed by atoms with Gasteiger partial charge in [0.05, 0.1) is 26.4 Å². The van der Waals surface area contributed by atoms with E-state index in [9.17, 15) is 4.79 Å². The van der Waals surface area contributed by atoms with Crippen molar-refractivity contribution >= 4 is 22.6 Å². The summed E-state index contributed by atoms with van der Waals surface area (Å²) in [5.41, 5.74) is 0. The van der Waals surface area contributed by atoms with E-state index >= 15 is 0 Å². The summed E-state index contributed by atoms with van der Waals surface area (Å²) >= 11 is 0. The van der Waals surface area contributed by atoms with E-state index in [1.807, 2.05) is 0 Å². The second kappa shape index (κ2) is 9.64. The van der Waals surface area contributed by atoms with Crippen LogP contribution in [0.2, 0.25) is 36.3 Å². The molecule has 25 heavy (non-hydrogen) atoms. The normalized spacial score (nSPS) is 13.8. The first-order chi connectivity index (χ1) is 11.1. The smallest absolute Gasteiger partial charge is 0.318 e. The van der Waals surface area contributed by atoms with Crippen LogP contribution in [0.15, 0.2) is 0 Å². The zero-order valence-corrected chi connectivity index (χ0v) is 20.1. The van der Waals surface area contributed by atoms with Gasteiger partial charge in [-0.15, -0.1) is 0 Å². The van der Waals surface area contributed by atoms with Crippen LogP contribution in [-0.2, 0) is 23.1 Å². The zero-order chi connectivity index (χ0) is 19.9. The summed E-state index contributed by atoms with van der Waals surface area (Å²) in [5.74, 6) is -0.284. The predicted octanol–water partition coefficient (Wildman–Crippen LogP) is 4.59. The van der Waals surface area contributed by atoms with E-state index in [4.69, 9.17) is 18.3 Å². The van der Waals surface area contributed by atoms with Crippen molar-refractivity contribution in [2.75, 3.05) is 33.0 Å². The van der Waals surface area contributed by atoms with Crippen LogP contribution in [0.1, 0.15) is 41.5 Å². The largest absolute Gasteiger partial charge is 0.517 e. The lowest BCUT2D eigenvalue weighted by Gasteiger charge is -2.36. The topological polar surface area (TPSA) is 54.0 Å². The summed E-state index contributed by atoms with van der Waals surface area (Å²) in [6.45, 7) is 23.5. The van der Waals surface area contributed by atoms with Gasteiger partial charge in [0.2, 0.25) is 0 Å². The highest BCUT2D eigenvalue weighted by Gasteiger charge is 2.40. The molecule has 0 fully saturated rings. The molecule has 0 amide bonds. The summed E-state index contributed by atoms with van der Waals surface area (Å²) in [7, 11) is -3.76. The van der Waals surface area contributed by atoms with Crippen molar-refractivity contribution in [3.8, 4) is 0 Å². The van der Waals surface area contributed by atoms with Crippen LogP contribution in [0, 0.1) is 0 Å². The van der Waals surface area contributed by atoms with Gasteiger partial charge in [0, 0.05) is 0 Å². The van der Waals surface area contributed by atoms with Gasteiger partial charge in [-0.25, -0.2) is 0 Å².